The van der Waals surface area contributed by atoms with Crippen molar-refractivity contribution in [1.29, 1.82) is 0 Å². The highest BCUT2D eigenvalue weighted by molar-refractivity contribution is 6.32. The molecule has 4 heterocycles. The van der Waals surface area contributed by atoms with Crippen LogP contribution in [0.4, 0.5) is 23.8 Å². The molecular weight excluding hydrogens is 625 g/mol. The topological polar surface area (TPSA) is 121 Å². The molecule has 0 unspecified atom stereocenters. The number of nitrogens with one attached hydrogen (secondary N) is 2. The van der Waals surface area contributed by atoms with Gasteiger partial charge in [0.05, 0.1) is 29.1 Å². The van der Waals surface area contributed by atoms with Gasteiger partial charge in [0.2, 0.25) is 0 Å². The Morgan fingerprint density at radius 3 is 2.76 bits per heavy atom. The van der Waals surface area contributed by atoms with E-state index in [-0.39, 0.29) is 42.8 Å². The van der Waals surface area contributed by atoms with Crippen LogP contribution in [0.5, 0.6) is 6.01 Å². The highest BCUT2D eigenvalue weighted by Gasteiger charge is 2.71. The number of fused-ring (bicyclic) bond motifs is 2. The molecule has 1 aliphatic heterocycles. The number of aromatic nitrogens is 5. The number of H-pyrrole nitrogens is 1. The quantitative estimate of drug-likeness (QED) is 0.219. The molecule has 1 aromatic carbocycles. The van der Waals surface area contributed by atoms with Crippen LogP contribution >= 0.6 is 11.6 Å². The van der Waals surface area contributed by atoms with Crippen LogP contribution in [0.15, 0.2) is 18.5 Å². The Morgan fingerprint density at radius 2 is 2.04 bits per heavy atom. The number of carbonyl (C=O) groups excluding carboxylic acids is 1. The SMILES string of the molecule is CCCOC(=O)N[C@@H]1CCCN(c2nc(OC[C@@]3(CN(C)C)CC3(F)F)nc3c(F)c(-c4c(C)c(Cl)cc5[nH]ncc45)ncc23)C1. The van der Waals surface area contributed by atoms with Gasteiger partial charge in [-0.3, -0.25) is 10.1 Å². The van der Waals surface area contributed by atoms with Crippen LogP contribution in [0.1, 0.15) is 38.2 Å². The Labute approximate surface area is 268 Å². The van der Waals surface area contributed by atoms with Gasteiger partial charge in [-0.2, -0.15) is 15.1 Å². The van der Waals surface area contributed by atoms with E-state index in [1.807, 2.05) is 11.8 Å². The largest absolute Gasteiger partial charge is 0.463 e. The maximum Gasteiger partial charge on any atom is 0.407 e. The van der Waals surface area contributed by atoms with E-state index >= 15 is 4.39 Å². The van der Waals surface area contributed by atoms with Gasteiger partial charge in [-0.25, -0.2) is 18.0 Å². The molecule has 2 N–H and O–H groups in total. The van der Waals surface area contributed by atoms with Crippen LogP contribution in [-0.2, 0) is 4.74 Å². The van der Waals surface area contributed by atoms with Crippen LogP contribution in [0.25, 0.3) is 33.1 Å². The number of alkyl halides is 2. The van der Waals surface area contributed by atoms with Crippen LogP contribution < -0.4 is 15.0 Å². The van der Waals surface area contributed by atoms with E-state index in [0.717, 1.165) is 0 Å². The Morgan fingerprint density at radius 1 is 1.26 bits per heavy atom. The van der Waals surface area contributed by atoms with Gasteiger partial charge in [0.15, 0.2) is 5.82 Å². The van der Waals surface area contributed by atoms with Crippen molar-refractivity contribution in [2.24, 2.45) is 5.41 Å². The average Bonchev–Trinajstić information content (AvgIpc) is 3.28. The van der Waals surface area contributed by atoms with E-state index in [9.17, 15) is 13.6 Å². The van der Waals surface area contributed by atoms with Gasteiger partial charge in [0.1, 0.15) is 23.6 Å². The summed E-state index contributed by atoms with van der Waals surface area (Å²) in [7, 11) is 3.44. The number of rotatable bonds is 10. The maximum absolute atomic E-state index is 16.7. The predicted molar refractivity (Wildman–Crippen MR) is 168 cm³/mol. The first kappa shape index (κ1) is 32.0. The number of aromatic amines is 1. The van der Waals surface area contributed by atoms with Gasteiger partial charge in [-0.15, -0.1) is 0 Å². The third-order valence-electron chi connectivity index (χ3n) is 8.61. The summed E-state index contributed by atoms with van der Waals surface area (Å²) in [5.41, 5.74) is 0.190. The second-order valence-electron chi connectivity index (χ2n) is 12.5. The summed E-state index contributed by atoms with van der Waals surface area (Å²) in [6.45, 7) is 4.63. The molecule has 1 saturated heterocycles. The van der Waals surface area contributed by atoms with Crippen molar-refractivity contribution in [1.82, 2.24) is 35.4 Å². The van der Waals surface area contributed by atoms with Crippen LogP contribution in [-0.4, -0.2) is 95.1 Å². The number of piperidine rings is 1. The number of carbonyl (C=O) groups is 1. The Balaban J connectivity index is 1.42. The van der Waals surface area contributed by atoms with E-state index in [1.165, 1.54) is 6.20 Å². The molecule has 4 aromatic rings. The lowest BCUT2D eigenvalue weighted by atomic mass is 9.99. The maximum atomic E-state index is 16.7. The van der Waals surface area contributed by atoms with Gasteiger partial charge >= 0.3 is 12.1 Å². The van der Waals surface area contributed by atoms with Crippen LogP contribution in [0.2, 0.25) is 5.02 Å². The minimum atomic E-state index is -2.91. The normalized spacial score (nSPS) is 20.8. The lowest BCUT2D eigenvalue weighted by Crippen LogP contribution is -2.48. The molecule has 46 heavy (non-hydrogen) atoms. The molecule has 1 aliphatic carbocycles. The molecule has 0 radical (unpaired) electrons. The van der Waals surface area contributed by atoms with Crippen molar-refractivity contribution in [2.45, 2.75) is 51.5 Å². The summed E-state index contributed by atoms with van der Waals surface area (Å²) in [6.07, 6.45) is 4.33. The minimum Gasteiger partial charge on any atom is -0.463 e. The summed E-state index contributed by atoms with van der Waals surface area (Å²) in [6, 6.07) is 1.22. The highest BCUT2D eigenvalue weighted by atomic mass is 35.5. The average molecular weight is 661 g/mol. The third-order valence-corrected chi connectivity index (χ3v) is 9.00. The Hall–Kier alpha value is -3.91. The monoisotopic (exact) mass is 660 g/mol. The molecule has 1 amide bonds. The second kappa shape index (κ2) is 12.4. The second-order valence-corrected chi connectivity index (χ2v) is 12.9. The number of hydrogen-bond acceptors (Lipinski definition) is 9. The molecule has 0 spiro atoms. The fourth-order valence-corrected chi connectivity index (χ4v) is 6.43. The number of nitrogens with zero attached hydrogens (tertiary/aromatic N) is 6. The molecule has 246 valence electrons. The first-order valence-corrected chi connectivity index (χ1v) is 15.6. The predicted octanol–water partition coefficient (Wildman–Crippen LogP) is 5.74. The standard InChI is InChI=1S/C31H36ClF3N8O3/c1-5-9-45-29(44)38-18-7-6-8-43(13-18)27-20-11-36-26(23-17(2)21(32)10-22-19(23)12-37-41-22)24(33)25(20)39-28(40-27)46-16-30(15-42(3)4)14-31(30,34)35/h10-12,18H,5-9,13-16H2,1-4H3,(H,37,41)(H,38,44)/t18-,30+/m1/s1. The summed E-state index contributed by atoms with van der Waals surface area (Å²) in [5.74, 6) is -3.32. The van der Waals surface area contributed by atoms with Crippen LogP contribution in [0, 0.1) is 18.2 Å². The fraction of sp³-hybridized carbons (Fsp3) is 0.516. The number of amides is 1. The van der Waals surface area contributed by atoms with Crippen molar-refractivity contribution in [3.63, 3.8) is 0 Å². The molecule has 15 heteroatoms. The molecule has 2 atom stereocenters. The summed E-state index contributed by atoms with van der Waals surface area (Å²) in [4.78, 5) is 29.4. The molecule has 3 aromatic heterocycles. The van der Waals surface area contributed by atoms with E-state index in [2.05, 4.69) is 30.5 Å². The van der Waals surface area contributed by atoms with Gasteiger partial charge in [0.25, 0.3) is 5.92 Å². The zero-order chi connectivity index (χ0) is 32.8. The first-order valence-electron chi connectivity index (χ1n) is 15.3. The van der Waals surface area contributed by atoms with E-state index in [4.69, 9.17) is 21.1 Å². The Bertz CT molecular complexity index is 1790. The highest BCUT2D eigenvalue weighted by Crippen LogP contribution is 2.60. The third kappa shape index (κ3) is 5.99. The van der Waals surface area contributed by atoms with Gasteiger partial charge in [0, 0.05) is 54.3 Å². The number of anilines is 1. The molecule has 2 fully saturated rings. The van der Waals surface area contributed by atoms with Gasteiger partial charge in [-0.1, -0.05) is 18.5 Å². The van der Waals surface area contributed by atoms with Crippen molar-refractivity contribution in [3.8, 4) is 17.3 Å². The number of hydrogen-bond donors (Lipinski definition) is 2. The number of benzene rings is 1. The van der Waals surface area contributed by atoms with Crippen molar-refractivity contribution < 1.29 is 27.4 Å². The summed E-state index contributed by atoms with van der Waals surface area (Å²) < 4.78 is 56.9. The molecule has 1 saturated carbocycles. The van der Waals surface area contributed by atoms with Gasteiger partial charge < -0.3 is 24.6 Å². The molecule has 0 bridgehead atoms. The number of pyridine rings is 1. The van der Waals surface area contributed by atoms with E-state index in [1.54, 1.807) is 38.2 Å². The summed E-state index contributed by atoms with van der Waals surface area (Å²) >= 11 is 6.49. The van der Waals surface area contributed by atoms with Crippen molar-refractivity contribution in [2.75, 3.05) is 51.8 Å². The lowest BCUT2D eigenvalue weighted by molar-refractivity contribution is 0.0288. The fourth-order valence-electron chi connectivity index (χ4n) is 6.22. The number of alkyl carbamates (subject to hydrolysis) is 1. The molecule has 6 rings (SSSR count). The van der Waals surface area contributed by atoms with E-state index in [0.29, 0.717) is 77.2 Å². The zero-order valence-corrected chi connectivity index (χ0v) is 26.8. The zero-order valence-electron chi connectivity index (χ0n) is 26.1. The van der Waals surface area contributed by atoms with Crippen molar-refractivity contribution in [3.05, 3.63) is 34.9 Å². The van der Waals surface area contributed by atoms with Gasteiger partial charge in [-0.05, 0) is 51.9 Å². The molecule has 11 nitrogen and oxygen atoms in total. The smallest absolute Gasteiger partial charge is 0.407 e. The van der Waals surface area contributed by atoms with E-state index < -0.39 is 23.2 Å². The molecular formula is C31H36ClF3N8O3. The van der Waals surface area contributed by atoms with Crippen LogP contribution in [0.3, 0.4) is 0 Å². The molecule has 2 aliphatic rings. The number of halogens is 4. The lowest BCUT2D eigenvalue weighted by Gasteiger charge is -2.34. The number of ether oxygens (including phenoxy) is 2. The minimum absolute atomic E-state index is 0.00385. The summed E-state index contributed by atoms with van der Waals surface area (Å²) in [5, 5.41) is 11.2. The van der Waals surface area contributed by atoms with Crippen molar-refractivity contribution >= 4 is 45.3 Å². The first-order chi connectivity index (χ1) is 21.9. The Kier molecular flexibility index (Phi) is 8.61.